The maximum Gasteiger partial charge on any atom is 1.00 e. The van der Waals surface area contributed by atoms with Crippen LogP contribution in [0.2, 0.25) is 0 Å². The van der Waals surface area contributed by atoms with Gasteiger partial charge in [0.05, 0.1) is 0 Å². The fraction of sp³-hybridized carbons (Fsp3) is 0.556. The number of allylic oxidation sites excluding steroid dienone is 2. The summed E-state index contributed by atoms with van der Waals surface area (Å²) in [4.78, 5) is 21.3. The van der Waals surface area contributed by atoms with E-state index >= 15 is 0 Å². The van der Waals surface area contributed by atoms with Crippen molar-refractivity contribution < 1.29 is 57.5 Å². The average Bonchev–Trinajstić information content (AvgIpc) is 2.60. The molecule has 0 aromatic rings. The molecule has 1 fully saturated rings. The van der Waals surface area contributed by atoms with Gasteiger partial charge in [0, 0.05) is 23.8 Å². The maximum absolute atomic E-state index is 10.7. The number of hydrogen-bond donors (Lipinski definition) is 0. The van der Waals surface area contributed by atoms with E-state index in [9.17, 15) is 19.8 Å². The number of hydrogen-bond acceptors (Lipinski definition) is 4. The van der Waals surface area contributed by atoms with Gasteiger partial charge in [-0.15, -0.1) is 0 Å². The van der Waals surface area contributed by atoms with E-state index in [4.69, 9.17) is 0 Å². The predicted molar refractivity (Wildman–Crippen MR) is 37.7 cm³/mol. The third-order valence-electron chi connectivity index (χ3n) is 3.00. The van der Waals surface area contributed by atoms with Crippen molar-refractivity contribution in [2.24, 2.45) is 23.7 Å². The Balaban J connectivity index is 0.000000980. The van der Waals surface area contributed by atoms with E-state index in [1.807, 2.05) is 0 Å². The molecule has 4 nitrogen and oxygen atoms in total. The number of fused-ring (bicyclic) bond motifs is 2. The van der Waals surface area contributed by atoms with Crippen molar-refractivity contribution in [2.45, 2.75) is 6.42 Å². The minimum atomic E-state index is -1.27. The van der Waals surface area contributed by atoms with Crippen LogP contribution in [0.3, 0.4) is 0 Å². The van der Waals surface area contributed by atoms with E-state index in [1.165, 1.54) is 0 Å². The van der Waals surface area contributed by atoms with Crippen LogP contribution in [-0.2, 0) is 9.59 Å². The zero-order chi connectivity index (χ0) is 9.59. The van der Waals surface area contributed by atoms with Crippen LogP contribution < -0.4 is 47.9 Å². The molecule has 15 heavy (non-hydrogen) atoms. The first kappa shape index (κ1) is 14.9. The van der Waals surface area contributed by atoms with E-state index in [-0.39, 0.29) is 49.6 Å². The summed E-state index contributed by atoms with van der Waals surface area (Å²) in [6.45, 7) is 0. The molecule has 2 rings (SSSR count). The normalized spacial score (nSPS) is 35.5. The van der Waals surface area contributed by atoms with Gasteiger partial charge >= 0.3 is 37.7 Å². The van der Waals surface area contributed by atoms with E-state index in [0.29, 0.717) is 6.42 Å². The Bertz CT molecular complexity index is 274. The summed E-state index contributed by atoms with van der Waals surface area (Å²) < 4.78 is 0. The van der Waals surface area contributed by atoms with Gasteiger partial charge in [-0.05, 0) is 18.3 Å². The molecule has 4 unspecified atom stereocenters. The van der Waals surface area contributed by atoms with Crippen LogP contribution in [0.5, 0.6) is 0 Å². The van der Waals surface area contributed by atoms with Gasteiger partial charge in [0.15, 0.2) is 0 Å². The Morgan fingerprint density at radius 2 is 1.27 bits per heavy atom. The molecule has 2 aliphatic rings. The topological polar surface area (TPSA) is 80.3 Å². The third kappa shape index (κ3) is 2.35. The summed E-state index contributed by atoms with van der Waals surface area (Å²) in [7, 11) is 0. The first-order valence-electron chi connectivity index (χ1n) is 4.21. The molecule has 2 bridgehead atoms. The third-order valence-corrected chi connectivity index (χ3v) is 3.00. The summed E-state index contributed by atoms with van der Waals surface area (Å²) in [5.74, 6) is -4.66. The van der Waals surface area contributed by atoms with Crippen molar-refractivity contribution in [3.8, 4) is 0 Å². The van der Waals surface area contributed by atoms with Crippen LogP contribution in [0.4, 0.5) is 0 Å². The quantitative estimate of drug-likeness (QED) is 0.323. The summed E-state index contributed by atoms with van der Waals surface area (Å²) in [5, 5.41) is 21.3. The molecule has 70 valence electrons. The summed E-state index contributed by atoms with van der Waals surface area (Å²) in [6, 6.07) is 0. The zero-order valence-electron chi connectivity index (χ0n) is 8.80. The number of carbonyl (C=O) groups is 2. The summed E-state index contributed by atoms with van der Waals surface area (Å²) in [6.07, 6.45) is 4.15. The van der Waals surface area contributed by atoms with Crippen molar-refractivity contribution >= 4 is 11.9 Å². The SMILES string of the molecule is O=C([O-])C1C2C=CC(C2)C1C(=O)[O-].[Li+].[Li+]. The van der Waals surface area contributed by atoms with Crippen molar-refractivity contribution in [2.75, 3.05) is 0 Å². The maximum atomic E-state index is 10.7. The van der Waals surface area contributed by atoms with Gasteiger partial charge in [-0.3, -0.25) is 0 Å². The Hall–Kier alpha value is -0.125. The van der Waals surface area contributed by atoms with Crippen LogP contribution in [0, 0.1) is 23.7 Å². The number of aliphatic carboxylic acids is 2. The van der Waals surface area contributed by atoms with Gasteiger partial charge in [0.25, 0.3) is 0 Å². The largest absolute Gasteiger partial charge is 1.00 e. The predicted octanol–water partition coefficient (Wildman–Crippen LogP) is -8.07. The molecule has 0 spiro atoms. The van der Waals surface area contributed by atoms with E-state index < -0.39 is 23.8 Å². The van der Waals surface area contributed by atoms with Crippen LogP contribution in [0.25, 0.3) is 0 Å². The van der Waals surface area contributed by atoms with Crippen molar-refractivity contribution in [3.63, 3.8) is 0 Å². The molecule has 0 N–H and O–H groups in total. The standard InChI is InChI=1S/C9H10O4.2Li/c10-8(11)6-4-1-2-5(3-4)7(6)9(12)13;;/h1-2,4-7H,3H2,(H,10,11)(H,12,13);;/q;2*+1/p-2. The Kier molecular flexibility index (Phi) is 5.23. The minimum Gasteiger partial charge on any atom is -0.550 e. The second-order valence-electron chi connectivity index (χ2n) is 3.64. The molecule has 0 aromatic carbocycles. The van der Waals surface area contributed by atoms with E-state index in [2.05, 4.69) is 0 Å². The molecule has 0 aromatic heterocycles. The van der Waals surface area contributed by atoms with E-state index in [1.54, 1.807) is 12.2 Å². The fourth-order valence-corrected chi connectivity index (χ4v) is 2.46. The van der Waals surface area contributed by atoms with Crippen molar-refractivity contribution in [1.29, 1.82) is 0 Å². The minimum absolute atomic E-state index is 0. The van der Waals surface area contributed by atoms with Gasteiger partial charge in [0.1, 0.15) is 0 Å². The molecule has 1 saturated carbocycles. The average molecular weight is 194 g/mol. The second kappa shape index (κ2) is 5.28. The smallest absolute Gasteiger partial charge is 0.550 e. The molecule has 0 radical (unpaired) electrons. The summed E-state index contributed by atoms with van der Waals surface area (Å²) >= 11 is 0. The molecule has 6 heteroatoms. The number of rotatable bonds is 2. The van der Waals surface area contributed by atoms with Gasteiger partial charge in [-0.2, -0.15) is 0 Å². The fourth-order valence-electron chi connectivity index (χ4n) is 2.46. The van der Waals surface area contributed by atoms with Crippen LogP contribution in [-0.4, -0.2) is 11.9 Å². The number of carbonyl (C=O) groups excluding carboxylic acids is 2. The van der Waals surface area contributed by atoms with Gasteiger partial charge in [-0.1, -0.05) is 12.2 Å². The van der Waals surface area contributed by atoms with Gasteiger partial charge < -0.3 is 19.8 Å². The molecule has 4 atom stereocenters. The first-order valence-corrected chi connectivity index (χ1v) is 4.21. The van der Waals surface area contributed by atoms with Crippen molar-refractivity contribution in [3.05, 3.63) is 12.2 Å². The number of carboxylic acid groups (broad SMARTS) is 2. The molecular formula is C9H8Li2O4. The zero-order valence-corrected chi connectivity index (χ0v) is 8.80. The molecule has 0 saturated heterocycles. The monoisotopic (exact) mass is 194 g/mol. The van der Waals surface area contributed by atoms with Crippen LogP contribution in [0.15, 0.2) is 12.2 Å². The van der Waals surface area contributed by atoms with E-state index in [0.717, 1.165) is 0 Å². The Morgan fingerprint density at radius 1 is 0.933 bits per heavy atom. The molecular weight excluding hydrogens is 186 g/mol. The number of carboxylic acids is 2. The Morgan fingerprint density at radius 3 is 1.53 bits per heavy atom. The first-order chi connectivity index (χ1) is 6.11. The second-order valence-corrected chi connectivity index (χ2v) is 3.64. The molecule has 0 amide bonds. The molecule has 0 aliphatic heterocycles. The summed E-state index contributed by atoms with van der Waals surface area (Å²) in [5.41, 5.74) is 0. The van der Waals surface area contributed by atoms with Crippen molar-refractivity contribution in [1.82, 2.24) is 0 Å². The van der Waals surface area contributed by atoms with Crippen LogP contribution in [0.1, 0.15) is 6.42 Å². The van der Waals surface area contributed by atoms with Gasteiger partial charge in [0.2, 0.25) is 0 Å². The van der Waals surface area contributed by atoms with Gasteiger partial charge in [-0.25, -0.2) is 0 Å². The Labute approximate surface area is 111 Å². The molecule has 2 aliphatic carbocycles. The molecule has 0 heterocycles. The van der Waals surface area contributed by atoms with Crippen LogP contribution >= 0.6 is 0 Å².